The van der Waals surface area contributed by atoms with E-state index in [-0.39, 0.29) is 40.6 Å². The van der Waals surface area contributed by atoms with Crippen molar-refractivity contribution in [1.82, 2.24) is 20.4 Å². The molecule has 0 spiro atoms. The van der Waals surface area contributed by atoms with E-state index in [9.17, 15) is 19.2 Å². The first kappa shape index (κ1) is 49.8. The number of unbranched alkanes of at least 4 members (excludes halogenated alkanes) is 1. The van der Waals surface area contributed by atoms with E-state index >= 15 is 0 Å². The van der Waals surface area contributed by atoms with Crippen LogP contribution in [0.5, 0.6) is 0 Å². The number of nitrogens with zero attached hydrogens (tertiary/aromatic N) is 2. The molecule has 2 fully saturated rings. The molecule has 2 N–H and O–H groups in total. The topological polar surface area (TPSA) is 108 Å². The van der Waals surface area contributed by atoms with Crippen LogP contribution in [0, 0.1) is 16.2 Å². The van der Waals surface area contributed by atoms with Crippen LogP contribution in [-0.2, 0) is 19.1 Å². The summed E-state index contributed by atoms with van der Waals surface area (Å²) in [4.78, 5) is 59.4. The lowest BCUT2D eigenvalue weighted by atomic mass is 9.72. The predicted octanol–water partition coefficient (Wildman–Crippen LogP) is 9.62. The number of hydrogen-bond acceptors (Lipinski definition) is 8. The quantitative estimate of drug-likeness (QED) is 0.125. The Morgan fingerprint density at radius 3 is 1.70 bits per heavy atom. The highest BCUT2D eigenvalue weighted by atomic mass is 16.6. The number of ether oxygens (including phenoxy) is 1. The van der Waals surface area contributed by atoms with Crippen LogP contribution < -0.4 is 10.6 Å². The number of nitrogens with one attached hydrogen (secondary N) is 2. The molecule has 2 aliphatic heterocycles. The van der Waals surface area contributed by atoms with Gasteiger partial charge in [-0.1, -0.05) is 86.6 Å². The standard InChI is InChI=1S/C47H84N4O5/c1-39(2,3)35(52)45(48-42(10,11)12,27-22-23-28-47(37(54)41(7,8)9)29-25-31-51(47)44(16,17)18)26-21-19-20-24-33-56-38(55)50-32-30-46(34-50,49-43(13,14)15)36(53)40(4,5)6/h19,21-23,48-49H,20,24-34H2,1-18H3/b21-19+,23-22+/t45?,46-,47-/m0/s1. The van der Waals surface area contributed by atoms with Crippen LogP contribution in [0.2, 0.25) is 0 Å². The molecule has 322 valence electrons. The van der Waals surface area contributed by atoms with Crippen LogP contribution in [0.1, 0.15) is 176 Å². The van der Waals surface area contributed by atoms with Crippen molar-refractivity contribution in [2.45, 2.75) is 209 Å². The minimum absolute atomic E-state index is 0.110. The van der Waals surface area contributed by atoms with Crippen LogP contribution in [-0.4, -0.2) is 92.7 Å². The van der Waals surface area contributed by atoms with Crippen molar-refractivity contribution in [1.29, 1.82) is 0 Å². The van der Waals surface area contributed by atoms with E-state index in [2.05, 4.69) is 81.4 Å². The lowest BCUT2D eigenvalue weighted by Crippen LogP contribution is -2.63. The molecule has 2 saturated heterocycles. The fourth-order valence-electron chi connectivity index (χ4n) is 9.12. The van der Waals surface area contributed by atoms with Crippen molar-refractivity contribution >= 4 is 23.4 Å². The smallest absolute Gasteiger partial charge is 0.409 e. The number of amides is 1. The molecule has 2 heterocycles. The van der Waals surface area contributed by atoms with Gasteiger partial charge in [-0.3, -0.25) is 29.9 Å². The second-order valence-corrected chi connectivity index (χ2v) is 23.1. The molecule has 0 aromatic heterocycles. The van der Waals surface area contributed by atoms with Gasteiger partial charge < -0.3 is 9.64 Å². The SMILES string of the molecule is CC(C)(C)NC(C/C=C/CCCOC(=O)N1CC[C@@](NC(C)(C)C)(C(=O)C(C)(C)C)C1)(C/C=C/C[C@@]1(C(=O)C(C)(C)C)CCCN1C(C)(C)C)C(=O)C(C)(C)C. The van der Waals surface area contributed by atoms with Gasteiger partial charge in [-0.15, -0.1) is 0 Å². The van der Waals surface area contributed by atoms with Crippen LogP contribution in [0.15, 0.2) is 24.3 Å². The van der Waals surface area contributed by atoms with Crippen LogP contribution in [0.25, 0.3) is 0 Å². The maximum atomic E-state index is 14.4. The first-order chi connectivity index (χ1) is 25.1. The summed E-state index contributed by atoms with van der Waals surface area (Å²) in [5.41, 5.74) is -4.61. The molecule has 1 amide bonds. The Kier molecular flexibility index (Phi) is 15.9. The Labute approximate surface area is 343 Å². The van der Waals surface area contributed by atoms with Crippen molar-refractivity contribution in [3.63, 3.8) is 0 Å². The summed E-state index contributed by atoms with van der Waals surface area (Å²) in [6.07, 6.45) is 13.4. The number of allylic oxidation sites excluding steroid dienone is 1. The molecule has 2 aliphatic rings. The minimum Gasteiger partial charge on any atom is -0.449 e. The van der Waals surface area contributed by atoms with Gasteiger partial charge in [0.15, 0.2) is 17.3 Å². The summed E-state index contributed by atoms with van der Waals surface area (Å²) in [6, 6.07) is 0. The Hall–Kier alpha value is -2.36. The molecule has 1 unspecified atom stereocenters. The zero-order valence-corrected chi connectivity index (χ0v) is 39.2. The highest BCUT2D eigenvalue weighted by molar-refractivity contribution is 5.95. The van der Waals surface area contributed by atoms with Gasteiger partial charge in [0.1, 0.15) is 0 Å². The number of ketones is 3. The summed E-state index contributed by atoms with van der Waals surface area (Å²) < 4.78 is 5.70. The van der Waals surface area contributed by atoms with Gasteiger partial charge in [-0.25, -0.2) is 4.79 Å². The molecule has 2 rings (SSSR count). The van der Waals surface area contributed by atoms with Gasteiger partial charge in [0.05, 0.1) is 23.2 Å². The number of likely N-dealkylation sites (tertiary alicyclic amines) is 2. The maximum absolute atomic E-state index is 14.4. The zero-order chi connectivity index (χ0) is 43.4. The van der Waals surface area contributed by atoms with Crippen molar-refractivity contribution in [2.75, 3.05) is 26.2 Å². The van der Waals surface area contributed by atoms with Crippen molar-refractivity contribution < 1.29 is 23.9 Å². The highest BCUT2D eigenvalue weighted by Gasteiger charge is 2.53. The Bertz CT molecular complexity index is 1440. The van der Waals surface area contributed by atoms with Crippen molar-refractivity contribution in [2.24, 2.45) is 16.2 Å². The second-order valence-electron chi connectivity index (χ2n) is 23.1. The van der Waals surface area contributed by atoms with E-state index in [1.165, 1.54) is 0 Å². The number of hydrogen-bond donors (Lipinski definition) is 2. The molecule has 0 bridgehead atoms. The monoisotopic (exact) mass is 785 g/mol. The van der Waals surface area contributed by atoms with Gasteiger partial charge in [0.25, 0.3) is 0 Å². The summed E-state index contributed by atoms with van der Waals surface area (Å²) >= 11 is 0. The zero-order valence-electron chi connectivity index (χ0n) is 39.2. The van der Waals surface area contributed by atoms with E-state index < -0.39 is 39.0 Å². The molecular weight excluding hydrogens is 701 g/mol. The van der Waals surface area contributed by atoms with Gasteiger partial charge in [0.2, 0.25) is 0 Å². The molecule has 0 aromatic rings. The molecular formula is C47H84N4O5. The maximum Gasteiger partial charge on any atom is 0.409 e. The first-order valence-corrected chi connectivity index (χ1v) is 21.3. The fourth-order valence-corrected chi connectivity index (χ4v) is 9.12. The largest absolute Gasteiger partial charge is 0.449 e. The van der Waals surface area contributed by atoms with E-state index in [0.29, 0.717) is 51.6 Å². The van der Waals surface area contributed by atoms with E-state index in [1.807, 2.05) is 83.1 Å². The summed E-state index contributed by atoms with van der Waals surface area (Å²) in [7, 11) is 0. The average Bonchev–Trinajstić information content (AvgIpc) is 3.64. The van der Waals surface area contributed by atoms with Gasteiger partial charge >= 0.3 is 6.09 Å². The van der Waals surface area contributed by atoms with E-state index in [0.717, 1.165) is 19.4 Å². The lowest BCUT2D eigenvalue weighted by Gasteiger charge is -2.47. The average molecular weight is 785 g/mol. The second kappa shape index (κ2) is 17.9. The molecule has 0 aliphatic carbocycles. The van der Waals surface area contributed by atoms with Gasteiger partial charge in [0, 0.05) is 46.0 Å². The molecule has 9 nitrogen and oxygen atoms in total. The Balaban J connectivity index is 2.20. The number of carbonyl (C=O) groups is 4. The third-order valence-corrected chi connectivity index (χ3v) is 10.9. The van der Waals surface area contributed by atoms with Crippen LogP contribution in [0.4, 0.5) is 4.79 Å². The molecule has 56 heavy (non-hydrogen) atoms. The number of rotatable bonds is 15. The van der Waals surface area contributed by atoms with Crippen molar-refractivity contribution in [3.8, 4) is 0 Å². The summed E-state index contributed by atoms with van der Waals surface area (Å²) in [6.45, 7) is 38.7. The van der Waals surface area contributed by atoms with Crippen LogP contribution in [0.3, 0.4) is 0 Å². The summed E-state index contributed by atoms with van der Waals surface area (Å²) in [5.74, 6) is 0.536. The third kappa shape index (κ3) is 13.3. The summed E-state index contributed by atoms with van der Waals surface area (Å²) in [5, 5.41) is 7.29. The number of Topliss-reactive ketones (excluding diaryl/α,β-unsaturated/α-hetero) is 3. The predicted molar refractivity (Wildman–Crippen MR) is 232 cm³/mol. The lowest BCUT2D eigenvalue weighted by molar-refractivity contribution is -0.140. The van der Waals surface area contributed by atoms with Crippen molar-refractivity contribution in [3.05, 3.63) is 24.3 Å². The highest BCUT2D eigenvalue weighted by Crippen LogP contribution is 2.43. The number of carbonyl (C=O) groups excluding carboxylic acids is 4. The molecule has 0 saturated carbocycles. The van der Waals surface area contributed by atoms with Gasteiger partial charge in [-0.05, 0) is 120 Å². The molecule has 0 radical (unpaired) electrons. The Morgan fingerprint density at radius 1 is 0.661 bits per heavy atom. The van der Waals surface area contributed by atoms with Gasteiger partial charge in [-0.2, -0.15) is 0 Å². The molecule has 0 aromatic carbocycles. The third-order valence-electron chi connectivity index (χ3n) is 10.9. The van der Waals surface area contributed by atoms with E-state index in [4.69, 9.17) is 4.74 Å². The Morgan fingerprint density at radius 2 is 1.21 bits per heavy atom. The minimum atomic E-state index is -0.857. The van der Waals surface area contributed by atoms with Crippen LogP contribution >= 0.6 is 0 Å². The van der Waals surface area contributed by atoms with E-state index in [1.54, 1.807) is 4.90 Å². The normalized spacial score (nSPS) is 23.3. The molecule has 3 atom stereocenters. The fraction of sp³-hybridized carbons (Fsp3) is 0.830. The molecule has 9 heteroatoms. The first-order valence-electron chi connectivity index (χ1n) is 21.3.